The number of hydrogen-bond donors (Lipinski definition) is 1. The first-order valence-electron chi connectivity index (χ1n) is 5.18. The third-order valence-electron chi connectivity index (χ3n) is 1.99. The molecule has 0 aromatic heterocycles. The van der Waals surface area contributed by atoms with E-state index in [4.69, 9.17) is 4.74 Å². The lowest BCUT2D eigenvalue weighted by Crippen LogP contribution is -2.23. The standard InChI is InChI=1S/C12H17NO2/c1-3-8-15-12(14)13-9-11-6-4-10(2)5-7-11/h4-7H,3,8-9H2,1-2H3,(H,13,14). The van der Waals surface area contributed by atoms with E-state index >= 15 is 0 Å². The zero-order valence-corrected chi connectivity index (χ0v) is 9.25. The highest BCUT2D eigenvalue weighted by atomic mass is 16.5. The second-order valence-electron chi connectivity index (χ2n) is 3.48. The lowest BCUT2D eigenvalue weighted by Gasteiger charge is -2.06. The minimum absolute atomic E-state index is 0.350. The van der Waals surface area contributed by atoms with Gasteiger partial charge in [0.1, 0.15) is 0 Å². The minimum atomic E-state index is -0.350. The maximum absolute atomic E-state index is 11.1. The van der Waals surface area contributed by atoms with Crippen LogP contribution in [-0.4, -0.2) is 12.7 Å². The Morgan fingerprint density at radius 1 is 1.33 bits per heavy atom. The van der Waals surface area contributed by atoms with Gasteiger partial charge in [0.25, 0.3) is 0 Å². The van der Waals surface area contributed by atoms with Crippen LogP contribution in [0.4, 0.5) is 4.79 Å². The summed E-state index contributed by atoms with van der Waals surface area (Å²) in [5.41, 5.74) is 2.29. The fraction of sp³-hybridized carbons (Fsp3) is 0.417. The molecule has 0 aliphatic carbocycles. The Hall–Kier alpha value is -1.51. The quantitative estimate of drug-likeness (QED) is 0.824. The predicted molar refractivity (Wildman–Crippen MR) is 59.7 cm³/mol. The molecule has 0 atom stereocenters. The van der Waals surface area contributed by atoms with Crippen LogP contribution in [0, 0.1) is 6.92 Å². The molecule has 1 amide bonds. The molecule has 0 aliphatic rings. The summed E-state index contributed by atoms with van der Waals surface area (Å²) in [7, 11) is 0. The third-order valence-corrected chi connectivity index (χ3v) is 1.99. The van der Waals surface area contributed by atoms with Crippen molar-refractivity contribution in [1.29, 1.82) is 0 Å². The molecule has 3 nitrogen and oxygen atoms in total. The molecule has 3 heteroatoms. The van der Waals surface area contributed by atoms with Crippen molar-refractivity contribution in [2.75, 3.05) is 6.61 Å². The molecule has 0 spiro atoms. The molecule has 0 heterocycles. The van der Waals surface area contributed by atoms with Crippen molar-refractivity contribution in [3.05, 3.63) is 35.4 Å². The number of hydrogen-bond acceptors (Lipinski definition) is 2. The summed E-state index contributed by atoms with van der Waals surface area (Å²) in [5.74, 6) is 0. The fourth-order valence-electron chi connectivity index (χ4n) is 1.13. The van der Waals surface area contributed by atoms with Gasteiger partial charge < -0.3 is 10.1 Å². The lowest BCUT2D eigenvalue weighted by molar-refractivity contribution is 0.146. The van der Waals surface area contributed by atoms with Crippen molar-refractivity contribution >= 4 is 6.09 Å². The summed E-state index contributed by atoms with van der Waals surface area (Å²) in [5, 5.41) is 2.69. The Labute approximate surface area is 90.4 Å². The molecule has 1 N–H and O–H groups in total. The summed E-state index contributed by atoms with van der Waals surface area (Å²) in [4.78, 5) is 11.1. The molecule has 1 aromatic carbocycles. The normalized spacial score (nSPS) is 9.73. The molecule has 0 aliphatic heterocycles. The van der Waals surface area contributed by atoms with Gasteiger partial charge in [-0.05, 0) is 18.9 Å². The van der Waals surface area contributed by atoms with Gasteiger partial charge in [0, 0.05) is 6.54 Å². The Kier molecular flexibility index (Phi) is 4.68. The first-order chi connectivity index (χ1) is 7.22. The number of alkyl carbamates (subject to hydrolysis) is 1. The average Bonchev–Trinajstić information content (AvgIpc) is 2.25. The maximum Gasteiger partial charge on any atom is 0.407 e. The maximum atomic E-state index is 11.1. The monoisotopic (exact) mass is 207 g/mol. The van der Waals surface area contributed by atoms with Gasteiger partial charge in [-0.25, -0.2) is 4.79 Å². The van der Waals surface area contributed by atoms with Gasteiger partial charge in [0.15, 0.2) is 0 Å². The van der Waals surface area contributed by atoms with Crippen LogP contribution in [0.2, 0.25) is 0 Å². The van der Waals surface area contributed by atoms with Gasteiger partial charge in [-0.3, -0.25) is 0 Å². The zero-order chi connectivity index (χ0) is 11.1. The summed E-state index contributed by atoms with van der Waals surface area (Å²) in [6, 6.07) is 8.04. The molecule has 0 unspecified atom stereocenters. The van der Waals surface area contributed by atoms with Crippen molar-refractivity contribution in [2.45, 2.75) is 26.8 Å². The van der Waals surface area contributed by atoms with E-state index in [1.807, 2.05) is 38.1 Å². The second kappa shape index (κ2) is 6.06. The second-order valence-corrected chi connectivity index (χ2v) is 3.48. The van der Waals surface area contributed by atoms with E-state index in [1.54, 1.807) is 0 Å². The molecule has 82 valence electrons. The number of benzene rings is 1. The van der Waals surface area contributed by atoms with Gasteiger partial charge in [0.2, 0.25) is 0 Å². The van der Waals surface area contributed by atoms with Gasteiger partial charge in [-0.15, -0.1) is 0 Å². The summed E-state index contributed by atoms with van der Waals surface area (Å²) < 4.78 is 4.89. The first-order valence-corrected chi connectivity index (χ1v) is 5.18. The van der Waals surface area contributed by atoms with E-state index in [9.17, 15) is 4.79 Å². The topological polar surface area (TPSA) is 38.3 Å². The number of amides is 1. The van der Waals surface area contributed by atoms with Crippen LogP contribution >= 0.6 is 0 Å². The zero-order valence-electron chi connectivity index (χ0n) is 9.25. The summed E-state index contributed by atoms with van der Waals surface area (Å²) >= 11 is 0. The van der Waals surface area contributed by atoms with Crippen molar-refractivity contribution in [2.24, 2.45) is 0 Å². The molecular formula is C12H17NO2. The number of ether oxygens (including phenoxy) is 1. The molecule has 0 saturated carbocycles. The highest BCUT2D eigenvalue weighted by Gasteiger charge is 2.00. The Morgan fingerprint density at radius 3 is 2.60 bits per heavy atom. The van der Waals surface area contributed by atoms with Crippen molar-refractivity contribution < 1.29 is 9.53 Å². The Bertz CT molecular complexity index is 306. The van der Waals surface area contributed by atoms with Crippen LogP contribution in [0.1, 0.15) is 24.5 Å². The molecule has 0 radical (unpaired) electrons. The van der Waals surface area contributed by atoms with Gasteiger partial charge in [-0.2, -0.15) is 0 Å². The van der Waals surface area contributed by atoms with Crippen LogP contribution in [-0.2, 0) is 11.3 Å². The summed E-state index contributed by atoms with van der Waals surface area (Å²) in [6.45, 7) is 4.99. The van der Waals surface area contributed by atoms with Crippen LogP contribution < -0.4 is 5.32 Å². The minimum Gasteiger partial charge on any atom is -0.450 e. The van der Waals surface area contributed by atoms with E-state index in [0.717, 1.165) is 12.0 Å². The first kappa shape index (κ1) is 11.6. The highest BCUT2D eigenvalue weighted by molar-refractivity contribution is 5.67. The molecule has 1 rings (SSSR count). The number of carbonyl (C=O) groups excluding carboxylic acids is 1. The van der Waals surface area contributed by atoms with Crippen molar-refractivity contribution in [3.8, 4) is 0 Å². The van der Waals surface area contributed by atoms with Crippen LogP contribution in [0.15, 0.2) is 24.3 Å². The molecule has 1 aromatic rings. The molecule has 0 saturated heterocycles. The van der Waals surface area contributed by atoms with Crippen LogP contribution in [0.5, 0.6) is 0 Å². The number of rotatable bonds is 4. The average molecular weight is 207 g/mol. The molecule has 15 heavy (non-hydrogen) atoms. The van der Waals surface area contributed by atoms with Crippen molar-refractivity contribution in [3.63, 3.8) is 0 Å². The summed E-state index contributed by atoms with van der Waals surface area (Å²) in [6.07, 6.45) is 0.496. The molecule has 0 fully saturated rings. The Balaban J connectivity index is 2.30. The lowest BCUT2D eigenvalue weighted by atomic mass is 10.1. The molecule has 0 bridgehead atoms. The fourth-order valence-corrected chi connectivity index (χ4v) is 1.13. The van der Waals surface area contributed by atoms with E-state index in [2.05, 4.69) is 5.32 Å². The number of aryl methyl sites for hydroxylation is 1. The van der Waals surface area contributed by atoms with Crippen molar-refractivity contribution in [1.82, 2.24) is 5.32 Å². The highest BCUT2D eigenvalue weighted by Crippen LogP contribution is 2.02. The van der Waals surface area contributed by atoms with Gasteiger partial charge >= 0.3 is 6.09 Å². The largest absolute Gasteiger partial charge is 0.450 e. The van der Waals surface area contributed by atoms with Gasteiger partial charge in [0.05, 0.1) is 6.61 Å². The molecular weight excluding hydrogens is 190 g/mol. The van der Waals surface area contributed by atoms with E-state index in [0.29, 0.717) is 13.2 Å². The predicted octanol–water partition coefficient (Wildman–Crippen LogP) is 2.63. The van der Waals surface area contributed by atoms with Crippen LogP contribution in [0.3, 0.4) is 0 Å². The van der Waals surface area contributed by atoms with Gasteiger partial charge in [-0.1, -0.05) is 36.8 Å². The van der Waals surface area contributed by atoms with E-state index < -0.39 is 0 Å². The van der Waals surface area contributed by atoms with E-state index in [1.165, 1.54) is 5.56 Å². The van der Waals surface area contributed by atoms with Crippen LogP contribution in [0.25, 0.3) is 0 Å². The number of carbonyl (C=O) groups is 1. The smallest absolute Gasteiger partial charge is 0.407 e. The SMILES string of the molecule is CCCOC(=O)NCc1ccc(C)cc1. The van der Waals surface area contributed by atoms with E-state index in [-0.39, 0.29) is 6.09 Å². The third kappa shape index (κ3) is 4.49. The Morgan fingerprint density at radius 2 is 2.00 bits per heavy atom. The number of nitrogens with one attached hydrogen (secondary N) is 1.